The van der Waals surface area contributed by atoms with E-state index in [0.717, 1.165) is 0 Å². The lowest BCUT2D eigenvalue weighted by Crippen LogP contribution is -2.15. The van der Waals surface area contributed by atoms with Crippen LogP contribution in [0.5, 0.6) is 0 Å². The van der Waals surface area contributed by atoms with Gasteiger partial charge in [0, 0.05) is 6.21 Å². The Morgan fingerprint density at radius 3 is 2.62 bits per heavy atom. The van der Waals surface area contributed by atoms with Crippen LogP contribution >= 0.6 is 0 Å². The Morgan fingerprint density at radius 1 is 1.62 bits per heavy atom. The molecule has 0 fully saturated rings. The Hall–Kier alpha value is -0.605. The van der Waals surface area contributed by atoms with Gasteiger partial charge in [-0.15, -0.1) is 0 Å². The molecule has 0 aliphatic carbocycles. The lowest BCUT2D eigenvalue weighted by Gasteiger charge is -1.93. The summed E-state index contributed by atoms with van der Waals surface area (Å²) in [6.07, 6.45) is 3.17. The van der Waals surface area contributed by atoms with E-state index >= 15 is 0 Å². The van der Waals surface area contributed by atoms with Crippen LogP contribution in [-0.4, -0.2) is 29.9 Å². The van der Waals surface area contributed by atoms with Gasteiger partial charge in [-0.1, -0.05) is 0 Å². The van der Waals surface area contributed by atoms with Crippen LogP contribution in [0.3, 0.4) is 0 Å². The minimum absolute atomic E-state index is 0.428. The standard InChI is InChI=1S/C4H6BNO2/c7-5(8)4-1-2-6-3-4/h1-2,7-8H,3H2. The number of allylic oxidation sites excluding steroid dienone is 1. The van der Waals surface area contributed by atoms with Crippen molar-refractivity contribution in [2.45, 2.75) is 0 Å². The molecule has 0 saturated heterocycles. The highest BCUT2D eigenvalue weighted by Crippen LogP contribution is 2.00. The molecular weight excluding hydrogens is 105 g/mol. The van der Waals surface area contributed by atoms with Crippen LogP contribution < -0.4 is 0 Å². The van der Waals surface area contributed by atoms with Crippen LogP contribution in [0.4, 0.5) is 0 Å². The van der Waals surface area contributed by atoms with E-state index in [1.807, 2.05) is 0 Å². The fraction of sp³-hybridized carbons (Fsp3) is 0.250. The first-order chi connectivity index (χ1) is 3.80. The molecule has 1 rings (SSSR count). The number of aliphatic imine (C=N–C) groups is 1. The van der Waals surface area contributed by atoms with Gasteiger partial charge in [0.05, 0.1) is 6.54 Å². The lowest BCUT2D eigenvalue weighted by atomic mass is 9.80. The van der Waals surface area contributed by atoms with Crippen molar-refractivity contribution >= 4 is 13.3 Å². The first-order valence-electron chi connectivity index (χ1n) is 2.36. The fourth-order valence-electron chi connectivity index (χ4n) is 0.527. The van der Waals surface area contributed by atoms with E-state index in [4.69, 9.17) is 10.0 Å². The molecule has 0 aromatic carbocycles. The van der Waals surface area contributed by atoms with Crippen molar-refractivity contribution in [1.29, 1.82) is 0 Å². The molecule has 0 radical (unpaired) electrons. The van der Waals surface area contributed by atoms with E-state index in [0.29, 0.717) is 12.0 Å². The summed E-state index contributed by atoms with van der Waals surface area (Å²) in [6.45, 7) is 0.428. The molecule has 0 bridgehead atoms. The van der Waals surface area contributed by atoms with Crippen molar-refractivity contribution < 1.29 is 10.0 Å². The number of nitrogens with zero attached hydrogens (tertiary/aromatic N) is 1. The molecule has 0 aromatic rings. The third-order valence-electron chi connectivity index (χ3n) is 1.000. The van der Waals surface area contributed by atoms with Crippen LogP contribution in [0.2, 0.25) is 0 Å². The molecule has 1 heterocycles. The average molecular weight is 111 g/mol. The van der Waals surface area contributed by atoms with E-state index in [1.54, 1.807) is 12.3 Å². The van der Waals surface area contributed by atoms with Crippen molar-refractivity contribution in [3.8, 4) is 0 Å². The summed E-state index contributed by atoms with van der Waals surface area (Å²) in [5.41, 5.74) is 0.560. The van der Waals surface area contributed by atoms with Gasteiger partial charge in [-0.05, 0) is 11.5 Å². The van der Waals surface area contributed by atoms with Gasteiger partial charge in [0.15, 0.2) is 0 Å². The second kappa shape index (κ2) is 2.11. The van der Waals surface area contributed by atoms with Crippen molar-refractivity contribution in [1.82, 2.24) is 0 Å². The maximum Gasteiger partial charge on any atom is 0.486 e. The Balaban J connectivity index is 2.51. The van der Waals surface area contributed by atoms with E-state index in [1.165, 1.54) is 0 Å². The van der Waals surface area contributed by atoms with Gasteiger partial charge in [-0.2, -0.15) is 0 Å². The number of rotatable bonds is 1. The first-order valence-corrected chi connectivity index (χ1v) is 2.36. The molecule has 2 N–H and O–H groups in total. The van der Waals surface area contributed by atoms with Crippen LogP contribution in [0.1, 0.15) is 0 Å². The fourth-order valence-corrected chi connectivity index (χ4v) is 0.527. The normalized spacial score (nSPS) is 16.5. The van der Waals surface area contributed by atoms with Crippen molar-refractivity contribution in [3.63, 3.8) is 0 Å². The van der Waals surface area contributed by atoms with Crippen LogP contribution in [-0.2, 0) is 0 Å². The molecule has 3 nitrogen and oxygen atoms in total. The summed E-state index contributed by atoms with van der Waals surface area (Å²) in [5.74, 6) is 0. The minimum Gasteiger partial charge on any atom is -0.423 e. The quantitative estimate of drug-likeness (QED) is 0.426. The highest BCUT2D eigenvalue weighted by atomic mass is 16.4. The van der Waals surface area contributed by atoms with Gasteiger partial charge >= 0.3 is 7.12 Å². The average Bonchev–Trinajstić information content (AvgIpc) is 2.12. The third-order valence-corrected chi connectivity index (χ3v) is 1.000. The SMILES string of the molecule is OB(O)C1=CC=NC1. The Kier molecular flexibility index (Phi) is 1.46. The van der Waals surface area contributed by atoms with Crippen molar-refractivity contribution in [2.75, 3.05) is 6.54 Å². The molecule has 8 heavy (non-hydrogen) atoms. The maximum absolute atomic E-state index is 8.46. The predicted octanol–water partition coefficient (Wildman–Crippen LogP) is -0.991. The van der Waals surface area contributed by atoms with E-state index < -0.39 is 7.12 Å². The zero-order valence-corrected chi connectivity index (χ0v) is 4.28. The smallest absolute Gasteiger partial charge is 0.423 e. The minimum atomic E-state index is -1.32. The first kappa shape index (κ1) is 5.53. The number of hydrogen-bond donors (Lipinski definition) is 2. The molecular formula is C4H6BNO2. The van der Waals surface area contributed by atoms with Crippen molar-refractivity contribution in [2.24, 2.45) is 4.99 Å². The molecule has 1 aliphatic rings. The zero-order chi connectivity index (χ0) is 5.98. The predicted molar refractivity (Wildman–Crippen MR) is 31.6 cm³/mol. The molecule has 1 aliphatic heterocycles. The van der Waals surface area contributed by atoms with E-state index in [-0.39, 0.29) is 0 Å². The van der Waals surface area contributed by atoms with E-state index in [2.05, 4.69) is 4.99 Å². The van der Waals surface area contributed by atoms with Gasteiger partial charge in [0.25, 0.3) is 0 Å². The van der Waals surface area contributed by atoms with Gasteiger partial charge in [0.1, 0.15) is 0 Å². The summed E-state index contributed by atoms with van der Waals surface area (Å²) in [5, 5.41) is 16.9. The van der Waals surface area contributed by atoms with Gasteiger partial charge in [0.2, 0.25) is 0 Å². The number of hydrogen-bond acceptors (Lipinski definition) is 3. The molecule has 0 atom stereocenters. The molecule has 0 unspecified atom stereocenters. The van der Waals surface area contributed by atoms with Gasteiger partial charge in [-0.25, -0.2) is 0 Å². The highest BCUT2D eigenvalue weighted by molar-refractivity contribution is 6.51. The van der Waals surface area contributed by atoms with Crippen LogP contribution in [0.15, 0.2) is 16.5 Å². The zero-order valence-electron chi connectivity index (χ0n) is 4.28. The van der Waals surface area contributed by atoms with Crippen LogP contribution in [0.25, 0.3) is 0 Å². The second-order valence-electron chi connectivity index (χ2n) is 1.61. The van der Waals surface area contributed by atoms with Crippen molar-refractivity contribution in [3.05, 3.63) is 11.5 Å². The summed E-state index contributed by atoms with van der Waals surface area (Å²) in [4.78, 5) is 3.75. The summed E-state index contributed by atoms with van der Waals surface area (Å²) < 4.78 is 0. The molecule has 4 heteroatoms. The van der Waals surface area contributed by atoms with Gasteiger partial charge < -0.3 is 10.0 Å². The maximum atomic E-state index is 8.46. The molecule has 0 aromatic heterocycles. The summed E-state index contributed by atoms with van der Waals surface area (Å²) in [6, 6.07) is 0. The second-order valence-corrected chi connectivity index (χ2v) is 1.61. The van der Waals surface area contributed by atoms with Crippen LogP contribution in [0, 0.1) is 0 Å². The van der Waals surface area contributed by atoms with E-state index in [9.17, 15) is 0 Å². The largest absolute Gasteiger partial charge is 0.486 e. The highest BCUT2D eigenvalue weighted by Gasteiger charge is 2.14. The molecule has 0 amide bonds. The summed E-state index contributed by atoms with van der Waals surface area (Å²) in [7, 11) is -1.32. The third kappa shape index (κ3) is 0.964. The topological polar surface area (TPSA) is 52.8 Å². The molecule has 0 saturated carbocycles. The molecule has 42 valence electrons. The molecule has 0 spiro atoms. The Bertz CT molecular complexity index is 141. The summed E-state index contributed by atoms with van der Waals surface area (Å²) >= 11 is 0. The monoisotopic (exact) mass is 111 g/mol. The lowest BCUT2D eigenvalue weighted by molar-refractivity contribution is 0.418. The Morgan fingerprint density at radius 2 is 2.38 bits per heavy atom. The Labute approximate surface area is 47.5 Å². The van der Waals surface area contributed by atoms with Gasteiger partial charge in [-0.3, -0.25) is 4.99 Å².